The van der Waals surface area contributed by atoms with Gasteiger partial charge in [0.05, 0.1) is 10.5 Å². The smallest absolute Gasteiger partial charge is 0.335 e. The molecule has 0 unspecified atom stereocenters. The van der Waals surface area contributed by atoms with E-state index in [1.54, 1.807) is 18.7 Å². The molecule has 8 heteroatoms. The fourth-order valence-electron chi connectivity index (χ4n) is 2.35. The van der Waals surface area contributed by atoms with Gasteiger partial charge in [-0.25, -0.2) is 4.79 Å². The largest absolute Gasteiger partial charge is 0.478 e. The highest BCUT2D eigenvalue weighted by Gasteiger charge is 2.40. The summed E-state index contributed by atoms with van der Waals surface area (Å²) in [6.45, 7) is 4.11. The molecule has 0 spiro atoms. The van der Waals surface area contributed by atoms with Crippen molar-refractivity contribution in [2.75, 3.05) is 18.0 Å². The van der Waals surface area contributed by atoms with E-state index in [-0.39, 0.29) is 22.8 Å². The SMILES string of the molecule is CC1(C)C(=O)NCCN1c1ccc(C(=O)O)cc1[N+](=O)[O-]. The maximum atomic E-state index is 11.9. The lowest BCUT2D eigenvalue weighted by molar-refractivity contribution is -0.384. The summed E-state index contributed by atoms with van der Waals surface area (Å²) in [5, 5.41) is 22.9. The molecule has 2 rings (SSSR count). The first-order chi connectivity index (χ1) is 9.75. The van der Waals surface area contributed by atoms with E-state index in [0.717, 1.165) is 6.07 Å². The molecule has 0 saturated carbocycles. The van der Waals surface area contributed by atoms with Crippen LogP contribution in [0.1, 0.15) is 24.2 Å². The second-order valence-corrected chi connectivity index (χ2v) is 5.23. The molecule has 0 atom stereocenters. The zero-order valence-corrected chi connectivity index (χ0v) is 11.6. The molecule has 8 nitrogen and oxygen atoms in total. The fourth-order valence-corrected chi connectivity index (χ4v) is 2.35. The van der Waals surface area contributed by atoms with Crippen molar-refractivity contribution in [3.63, 3.8) is 0 Å². The Morgan fingerprint density at radius 3 is 2.71 bits per heavy atom. The van der Waals surface area contributed by atoms with Crippen molar-refractivity contribution in [2.45, 2.75) is 19.4 Å². The molecule has 112 valence electrons. The number of aromatic carboxylic acids is 1. The van der Waals surface area contributed by atoms with E-state index in [2.05, 4.69) is 5.32 Å². The van der Waals surface area contributed by atoms with E-state index in [0.29, 0.717) is 13.1 Å². The van der Waals surface area contributed by atoms with Gasteiger partial charge in [0, 0.05) is 19.2 Å². The summed E-state index contributed by atoms with van der Waals surface area (Å²) in [7, 11) is 0. The van der Waals surface area contributed by atoms with Crippen LogP contribution in [0.2, 0.25) is 0 Å². The third kappa shape index (κ3) is 2.51. The third-order valence-corrected chi connectivity index (χ3v) is 3.56. The number of anilines is 1. The van der Waals surface area contributed by atoms with Crippen molar-refractivity contribution in [1.82, 2.24) is 5.32 Å². The Bertz CT molecular complexity index is 626. The molecule has 0 radical (unpaired) electrons. The van der Waals surface area contributed by atoms with Crippen LogP contribution in [0.3, 0.4) is 0 Å². The Morgan fingerprint density at radius 2 is 2.14 bits per heavy atom. The lowest BCUT2D eigenvalue weighted by atomic mass is 9.97. The number of hydrogen-bond acceptors (Lipinski definition) is 5. The number of carboxylic acid groups (broad SMARTS) is 1. The fraction of sp³-hybridized carbons (Fsp3) is 0.385. The molecule has 1 aliphatic rings. The number of rotatable bonds is 3. The summed E-state index contributed by atoms with van der Waals surface area (Å²) in [5.41, 5.74) is -1.19. The quantitative estimate of drug-likeness (QED) is 0.635. The number of carbonyl (C=O) groups excluding carboxylic acids is 1. The summed E-state index contributed by atoms with van der Waals surface area (Å²) < 4.78 is 0. The standard InChI is InChI=1S/C13H15N3O5/c1-13(2)12(19)14-5-6-15(13)9-4-3-8(11(17)18)7-10(9)16(20)21/h3-4,7H,5-6H2,1-2H3,(H,14,19)(H,17,18). The number of carbonyl (C=O) groups is 2. The molecule has 0 bridgehead atoms. The number of nitro groups is 1. The molecule has 0 aliphatic carbocycles. The highest BCUT2D eigenvalue weighted by molar-refractivity contribution is 5.93. The minimum Gasteiger partial charge on any atom is -0.478 e. The van der Waals surface area contributed by atoms with Crippen molar-refractivity contribution < 1.29 is 19.6 Å². The number of nitrogens with one attached hydrogen (secondary N) is 1. The predicted molar refractivity (Wildman–Crippen MR) is 74.5 cm³/mol. The Hall–Kier alpha value is -2.64. The topological polar surface area (TPSA) is 113 Å². The van der Waals surface area contributed by atoms with Gasteiger partial charge >= 0.3 is 5.97 Å². The van der Waals surface area contributed by atoms with Gasteiger partial charge in [-0.05, 0) is 26.0 Å². The van der Waals surface area contributed by atoms with Gasteiger partial charge < -0.3 is 15.3 Å². The van der Waals surface area contributed by atoms with Crippen LogP contribution in [0.25, 0.3) is 0 Å². The zero-order valence-electron chi connectivity index (χ0n) is 11.6. The van der Waals surface area contributed by atoms with Gasteiger partial charge in [0.2, 0.25) is 5.91 Å². The highest BCUT2D eigenvalue weighted by Crippen LogP contribution is 2.34. The molecule has 21 heavy (non-hydrogen) atoms. The van der Waals surface area contributed by atoms with E-state index in [4.69, 9.17) is 5.11 Å². The van der Waals surface area contributed by atoms with Crippen molar-refractivity contribution in [1.29, 1.82) is 0 Å². The number of hydrogen-bond donors (Lipinski definition) is 2. The molecule has 1 aliphatic heterocycles. The summed E-state index contributed by atoms with van der Waals surface area (Å²) in [4.78, 5) is 35.1. The minimum atomic E-state index is -1.24. The number of benzene rings is 1. The Labute approximate surface area is 120 Å². The average Bonchev–Trinajstić information content (AvgIpc) is 2.41. The van der Waals surface area contributed by atoms with Crippen molar-refractivity contribution in [3.05, 3.63) is 33.9 Å². The lowest BCUT2D eigenvalue weighted by Crippen LogP contribution is -2.62. The zero-order chi connectivity index (χ0) is 15.8. The molecule has 0 aromatic heterocycles. The maximum Gasteiger partial charge on any atom is 0.335 e. The van der Waals surface area contributed by atoms with E-state index in [1.165, 1.54) is 12.1 Å². The lowest BCUT2D eigenvalue weighted by Gasteiger charge is -2.42. The Morgan fingerprint density at radius 1 is 1.48 bits per heavy atom. The van der Waals surface area contributed by atoms with E-state index < -0.39 is 16.4 Å². The third-order valence-electron chi connectivity index (χ3n) is 3.56. The van der Waals surface area contributed by atoms with Crippen LogP contribution >= 0.6 is 0 Å². The first-order valence-corrected chi connectivity index (χ1v) is 6.33. The van der Waals surface area contributed by atoms with E-state index >= 15 is 0 Å². The molecule has 1 heterocycles. The first kappa shape index (κ1) is 14.8. The number of amides is 1. The molecule has 1 amide bonds. The number of carboxylic acids is 1. The van der Waals surface area contributed by atoms with Gasteiger partial charge in [-0.15, -0.1) is 0 Å². The predicted octanol–water partition coefficient (Wildman–Crippen LogP) is 1.01. The second kappa shape index (κ2) is 5.04. The van der Waals surface area contributed by atoms with Gasteiger partial charge in [0.25, 0.3) is 5.69 Å². The summed E-state index contributed by atoms with van der Waals surface area (Å²) in [6.07, 6.45) is 0. The van der Waals surface area contributed by atoms with Gasteiger partial charge in [-0.3, -0.25) is 14.9 Å². The molecule has 1 aromatic rings. The van der Waals surface area contributed by atoms with Crippen LogP contribution in [0.5, 0.6) is 0 Å². The Kier molecular flexibility index (Phi) is 3.54. The van der Waals surface area contributed by atoms with E-state index in [9.17, 15) is 19.7 Å². The molecule has 1 saturated heterocycles. The van der Waals surface area contributed by atoms with Crippen LogP contribution in [0.4, 0.5) is 11.4 Å². The first-order valence-electron chi connectivity index (χ1n) is 6.33. The average molecular weight is 293 g/mol. The monoisotopic (exact) mass is 293 g/mol. The minimum absolute atomic E-state index is 0.162. The van der Waals surface area contributed by atoms with Crippen molar-refractivity contribution >= 4 is 23.3 Å². The highest BCUT2D eigenvalue weighted by atomic mass is 16.6. The van der Waals surface area contributed by atoms with E-state index in [1.807, 2.05) is 0 Å². The number of nitro benzene ring substituents is 1. The summed E-state index contributed by atoms with van der Waals surface area (Å²) in [6, 6.07) is 3.69. The summed E-state index contributed by atoms with van der Waals surface area (Å²) in [5.74, 6) is -1.47. The number of nitrogens with zero attached hydrogens (tertiary/aromatic N) is 2. The second-order valence-electron chi connectivity index (χ2n) is 5.23. The van der Waals surface area contributed by atoms with Crippen molar-refractivity contribution in [2.24, 2.45) is 0 Å². The van der Waals surface area contributed by atoms with Gasteiger partial charge in [0.15, 0.2) is 0 Å². The molecular weight excluding hydrogens is 278 g/mol. The van der Waals surface area contributed by atoms with Crippen LogP contribution in [0, 0.1) is 10.1 Å². The summed E-state index contributed by atoms with van der Waals surface area (Å²) >= 11 is 0. The van der Waals surface area contributed by atoms with Crippen LogP contribution in [-0.2, 0) is 4.79 Å². The normalized spacial score (nSPS) is 17.2. The van der Waals surface area contributed by atoms with Crippen LogP contribution < -0.4 is 10.2 Å². The van der Waals surface area contributed by atoms with Crippen LogP contribution in [0.15, 0.2) is 18.2 Å². The molecular formula is C13H15N3O5. The Balaban J connectivity index is 2.55. The molecule has 2 N–H and O–H groups in total. The number of piperazine rings is 1. The maximum absolute atomic E-state index is 11.9. The molecule has 1 fully saturated rings. The van der Waals surface area contributed by atoms with Gasteiger partial charge in [0.1, 0.15) is 11.2 Å². The van der Waals surface area contributed by atoms with Gasteiger partial charge in [-0.2, -0.15) is 0 Å². The molecule has 1 aromatic carbocycles. The van der Waals surface area contributed by atoms with Crippen molar-refractivity contribution in [3.8, 4) is 0 Å². The van der Waals surface area contributed by atoms with Gasteiger partial charge in [-0.1, -0.05) is 0 Å². The van der Waals surface area contributed by atoms with Crippen LogP contribution in [-0.4, -0.2) is 40.5 Å².